The lowest BCUT2D eigenvalue weighted by Crippen LogP contribution is -2.48. The van der Waals surface area contributed by atoms with Crippen LogP contribution in [0.4, 0.5) is 11.5 Å². The molecule has 48 heavy (non-hydrogen) atoms. The fourth-order valence-electron chi connectivity index (χ4n) is 6.09. The number of carboxylic acid groups (broad SMARTS) is 2. The zero-order chi connectivity index (χ0) is 33.2. The van der Waals surface area contributed by atoms with Crippen molar-refractivity contribution in [1.82, 2.24) is 29.8 Å². The molecule has 2 aromatic heterocycles. The standard InChI is InChI=1S/C35H32N8O5/c36-32-30-31(23-8-11-27(12-9-23)48-26-6-2-1-3-7-26)39-43(33(30)38-21-37-32)24-14-18-41(19-15-24)42-17-5-4-16-40(22-42)25-10-13-28(34(44)45)29(20-25)35(46)47/h1-13,16-17,20-21,24H,14-15,18-19,22H2,(H,44,45)(H,46,47)(H2,36,37,38). The molecule has 7 rings (SSSR count). The number of allylic oxidation sites excluding steroid dienone is 2. The first kappa shape index (κ1) is 30.4. The molecule has 3 aromatic carbocycles. The van der Waals surface area contributed by atoms with Crippen molar-refractivity contribution in [2.75, 3.05) is 30.4 Å². The maximum absolute atomic E-state index is 11.8. The van der Waals surface area contributed by atoms with Crippen molar-refractivity contribution >= 4 is 34.5 Å². The molecule has 1 fully saturated rings. The molecule has 0 unspecified atom stereocenters. The average Bonchev–Trinajstić information content (AvgIpc) is 3.33. The average molecular weight is 645 g/mol. The summed E-state index contributed by atoms with van der Waals surface area (Å²) >= 11 is 0. The van der Waals surface area contributed by atoms with Gasteiger partial charge >= 0.3 is 11.9 Å². The number of ether oxygens (including phenoxy) is 1. The highest BCUT2D eigenvalue weighted by Crippen LogP contribution is 2.35. The van der Waals surface area contributed by atoms with Gasteiger partial charge in [-0.05, 0) is 79.6 Å². The highest BCUT2D eigenvalue weighted by Gasteiger charge is 2.29. The smallest absolute Gasteiger partial charge is 0.336 e. The van der Waals surface area contributed by atoms with Crippen LogP contribution in [-0.2, 0) is 0 Å². The largest absolute Gasteiger partial charge is 0.478 e. The molecule has 5 aromatic rings. The highest BCUT2D eigenvalue weighted by molar-refractivity contribution is 6.02. The lowest BCUT2D eigenvalue weighted by atomic mass is 10.1. The van der Waals surface area contributed by atoms with Crippen molar-refractivity contribution in [3.63, 3.8) is 0 Å². The predicted octanol–water partition coefficient (Wildman–Crippen LogP) is 5.62. The monoisotopic (exact) mass is 644 g/mol. The van der Waals surface area contributed by atoms with Crippen LogP contribution in [0.15, 0.2) is 104 Å². The number of nitrogen functional groups attached to an aromatic ring is 1. The van der Waals surface area contributed by atoms with Crippen LogP contribution in [0.1, 0.15) is 39.6 Å². The summed E-state index contributed by atoms with van der Waals surface area (Å²) < 4.78 is 7.94. The number of fused-ring (bicyclic) bond motifs is 1. The molecule has 13 heteroatoms. The van der Waals surface area contributed by atoms with Crippen LogP contribution in [0.3, 0.4) is 0 Å². The van der Waals surface area contributed by atoms with E-state index in [0.29, 0.717) is 40.7 Å². The maximum Gasteiger partial charge on any atom is 0.336 e. The first-order valence-corrected chi connectivity index (χ1v) is 15.4. The van der Waals surface area contributed by atoms with Gasteiger partial charge in [-0.25, -0.2) is 29.2 Å². The lowest BCUT2D eigenvalue weighted by molar-refractivity contribution is -0.00614. The molecule has 242 valence electrons. The predicted molar refractivity (Wildman–Crippen MR) is 179 cm³/mol. The second kappa shape index (κ2) is 12.9. The van der Waals surface area contributed by atoms with E-state index in [1.54, 1.807) is 6.07 Å². The first-order chi connectivity index (χ1) is 23.4. The summed E-state index contributed by atoms with van der Waals surface area (Å²) in [7, 11) is 0. The van der Waals surface area contributed by atoms with E-state index in [9.17, 15) is 19.8 Å². The Bertz CT molecular complexity index is 2040. The van der Waals surface area contributed by atoms with E-state index in [1.807, 2.05) is 88.7 Å². The van der Waals surface area contributed by atoms with Gasteiger partial charge in [0.15, 0.2) is 5.65 Å². The Labute approximate surface area is 275 Å². The number of nitrogens with two attached hydrogens (primary N) is 1. The van der Waals surface area contributed by atoms with Gasteiger partial charge in [-0.15, -0.1) is 0 Å². The van der Waals surface area contributed by atoms with Crippen molar-refractivity contribution in [3.05, 3.63) is 115 Å². The van der Waals surface area contributed by atoms with Crippen molar-refractivity contribution < 1.29 is 24.5 Å². The van der Waals surface area contributed by atoms with Gasteiger partial charge in [0.2, 0.25) is 0 Å². The highest BCUT2D eigenvalue weighted by atomic mass is 16.5. The van der Waals surface area contributed by atoms with Crippen LogP contribution < -0.4 is 15.4 Å². The Balaban J connectivity index is 1.08. The van der Waals surface area contributed by atoms with E-state index in [4.69, 9.17) is 15.6 Å². The number of hydrogen-bond acceptors (Lipinski definition) is 10. The molecule has 0 atom stereocenters. The third-order valence-electron chi connectivity index (χ3n) is 8.50. The summed E-state index contributed by atoms with van der Waals surface area (Å²) in [5, 5.41) is 29.1. The summed E-state index contributed by atoms with van der Waals surface area (Å²) in [5.41, 5.74) is 8.73. The van der Waals surface area contributed by atoms with Crippen molar-refractivity contribution in [3.8, 4) is 22.8 Å². The van der Waals surface area contributed by atoms with Gasteiger partial charge in [-0.1, -0.05) is 18.2 Å². The topological polar surface area (TPSA) is 163 Å². The number of rotatable bonds is 8. The first-order valence-electron chi connectivity index (χ1n) is 15.4. The molecule has 0 amide bonds. The zero-order valence-corrected chi connectivity index (χ0v) is 25.8. The summed E-state index contributed by atoms with van der Waals surface area (Å²) in [6.45, 7) is 1.86. The quantitative estimate of drug-likeness (QED) is 0.191. The van der Waals surface area contributed by atoms with Crippen molar-refractivity contribution in [1.29, 1.82) is 0 Å². The van der Waals surface area contributed by atoms with Crippen LogP contribution in [0, 0.1) is 0 Å². The minimum Gasteiger partial charge on any atom is -0.478 e. The molecule has 0 radical (unpaired) electrons. The molecule has 2 aliphatic rings. The second-order valence-corrected chi connectivity index (χ2v) is 11.4. The summed E-state index contributed by atoms with van der Waals surface area (Å²) in [5.74, 6) is -0.741. The molecular formula is C35H32N8O5. The Hall–Kier alpha value is -6.21. The maximum atomic E-state index is 11.8. The number of aromatic nitrogens is 4. The number of carbonyl (C=O) groups is 2. The van der Waals surface area contributed by atoms with E-state index >= 15 is 0 Å². The van der Waals surface area contributed by atoms with Gasteiger partial charge < -0.3 is 25.6 Å². The Morgan fingerprint density at radius 3 is 2.27 bits per heavy atom. The van der Waals surface area contributed by atoms with E-state index < -0.39 is 11.9 Å². The summed E-state index contributed by atoms with van der Waals surface area (Å²) in [4.78, 5) is 34.1. The minimum absolute atomic E-state index is 0.0689. The van der Waals surface area contributed by atoms with E-state index in [1.165, 1.54) is 18.5 Å². The number of hydrazine groups is 1. The number of nitrogens with zero attached hydrogens (tertiary/aromatic N) is 7. The van der Waals surface area contributed by atoms with Gasteiger partial charge in [0, 0.05) is 36.7 Å². The van der Waals surface area contributed by atoms with Gasteiger partial charge in [-0.2, -0.15) is 5.10 Å². The Morgan fingerprint density at radius 2 is 1.54 bits per heavy atom. The fraction of sp³-hybridized carbons (Fsp3) is 0.171. The van der Waals surface area contributed by atoms with Gasteiger partial charge in [0.05, 0.1) is 22.6 Å². The van der Waals surface area contributed by atoms with Gasteiger partial charge in [-0.3, -0.25) is 5.01 Å². The normalized spacial score (nSPS) is 15.5. The minimum atomic E-state index is -1.29. The number of carboxylic acids is 2. The van der Waals surface area contributed by atoms with Crippen LogP contribution >= 0.6 is 0 Å². The lowest BCUT2D eigenvalue weighted by Gasteiger charge is -2.40. The van der Waals surface area contributed by atoms with Crippen molar-refractivity contribution in [2.45, 2.75) is 18.9 Å². The van der Waals surface area contributed by atoms with E-state index in [0.717, 1.165) is 37.2 Å². The van der Waals surface area contributed by atoms with E-state index in [2.05, 4.69) is 20.0 Å². The Kier molecular flexibility index (Phi) is 8.17. The molecular weight excluding hydrogens is 612 g/mol. The number of aromatic carboxylic acids is 2. The molecule has 2 aliphatic heterocycles. The molecule has 0 bridgehead atoms. The number of piperidine rings is 1. The van der Waals surface area contributed by atoms with E-state index in [-0.39, 0.29) is 17.2 Å². The Morgan fingerprint density at radius 1 is 0.833 bits per heavy atom. The molecule has 4 N–H and O–H groups in total. The molecule has 0 aliphatic carbocycles. The number of anilines is 2. The SMILES string of the molecule is Nc1ncnc2c1c(-c1ccc(Oc3ccccc3)cc1)nn2C1CCN(N2C=CC=CN(c3ccc(C(=O)O)c(C(=O)O)c3)C2)CC1. The van der Waals surface area contributed by atoms with Crippen LogP contribution in [-0.4, -0.2) is 71.7 Å². The van der Waals surface area contributed by atoms with Crippen LogP contribution in [0.5, 0.6) is 11.5 Å². The number of benzene rings is 3. The number of para-hydroxylation sites is 1. The second-order valence-electron chi connectivity index (χ2n) is 11.4. The molecule has 0 saturated carbocycles. The third kappa shape index (κ3) is 6.01. The molecule has 13 nitrogen and oxygen atoms in total. The molecule has 0 spiro atoms. The van der Waals surface area contributed by atoms with Crippen LogP contribution in [0.25, 0.3) is 22.3 Å². The fourth-order valence-corrected chi connectivity index (χ4v) is 6.09. The summed E-state index contributed by atoms with van der Waals surface area (Å²) in [6.07, 6.45) is 10.6. The van der Waals surface area contributed by atoms with Crippen molar-refractivity contribution in [2.24, 2.45) is 0 Å². The van der Waals surface area contributed by atoms with Crippen LogP contribution in [0.2, 0.25) is 0 Å². The van der Waals surface area contributed by atoms with Gasteiger partial charge in [0.1, 0.15) is 36.0 Å². The zero-order valence-electron chi connectivity index (χ0n) is 25.8. The molecule has 1 saturated heterocycles. The number of hydrogen-bond donors (Lipinski definition) is 3. The summed E-state index contributed by atoms with van der Waals surface area (Å²) in [6, 6.07) is 21.7. The molecule has 4 heterocycles. The third-order valence-corrected chi connectivity index (χ3v) is 8.50. The van der Waals surface area contributed by atoms with Gasteiger partial charge in [0.25, 0.3) is 0 Å².